The SMILES string of the molecule is COC(=O)CCS(=O)(=O)N1CCc2cc(C(=O)O)ccc21. The fourth-order valence-electron chi connectivity index (χ4n) is 2.22. The van der Waals surface area contributed by atoms with Gasteiger partial charge in [-0.3, -0.25) is 9.10 Å². The molecule has 0 fully saturated rings. The Morgan fingerprint density at radius 2 is 2.10 bits per heavy atom. The molecule has 0 saturated heterocycles. The predicted molar refractivity (Wildman–Crippen MR) is 74.9 cm³/mol. The summed E-state index contributed by atoms with van der Waals surface area (Å²) in [5, 5.41) is 8.93. The van der Waals surface area contributed by atoms with Crippen LogP contribution in [0.4, 0.5) is 5.69 Å². The van der Waals surface area contributed by atoms with E-state index < -0.39 is 22.0 Å². The van der Waals surface area contributed by atoms with Gasteiger partial charge in [0, 0.05) is 6.54 Å². The van der Waals surface area contributed by atoms with Gasteiger partial charge < -0.3 is 9.84 Å². The Hall–Kier alpha value is -2.09. The van der Waals surface area contributed by atoms with Crippen LogP contribution in [-0.2, 0) is 26.0 Å². The fraction of sp³-hybridized carbons (Fsp3) is 0.385. The number of ether oxygens (including phenoxy) is 1. The average Bonchev–Trinajstić information content (AvgIpc) is 2.88. The smallest absolute Gasteiger partial charge is 0.335 e. The molecule has 0 saturated carbocycles. The zero-order chi connectivity index (χ0) is 15.6. The van der Waals surface area contributed by atoms with Crippen molar-refractivity contribution in [2.75, 3.05) is 23.7 Å². The number of rotatable bonds is 5. The molecule has 1 aromatic rings. The van der Waals surface area contributed by atoms with Crippen LogP contribution < -0.4 is 4.31 Å². The number of carboxylic acid groups (broad SMARTS) is 1. The highest BCUT2D eigenvalue weighted by molar-refractivity contribution is 7.92. The number of carbonyl (C=O) groups is 2. The van der Waals surface area contributed by atoms with E-state index in [2.05, 4.69) is 4.74 Å². The minimum absolute atomic E-state index is 0.127. The molecule has 2 rings (SSSR count). The lowest BCUT2D eigenvalue weighted by Crippen LogP contribution is -2.32. The number of esters is 1. The number of hydrogen-bond acceptors (Lipinski definition) is 5. The summed E-state index contributed by atoms with van der Waals surface area (Å²) in [6, 6.07) is 4.34. The minimum Gasteiger partial charge on any atom is -0.478 e. The topological polar surface area (TPSA) is 101 Å². The Kier molecular flexibility index (Phi) is 4.17. The van der Waals surface area contributed by atoms with Crippen molar-refractivity contribution < 1.29 is 27.9 Å². The predicted octanol–water partition coefficient (Wildman–Crippen LogP) is 0.640. The van der Waals surface area contributed by atoms with Crippen molar-refractivity contribution in [1.29, 1.82) is 0 Å². The van der Waals surface area contributed by atoms with E-state index in [9.17, 15) is 18.0 Å². The summed E-state index contributed by atoms with van der Waals surface area (Å²) in [5.74, 6) is -1.97. The van der Waals surface area contributed by atoms with Crippen LogP contribution in [0.1, 0.15) is 22.3 Å². The van der Waals surface area contributed by atoms with E-state index >= 15 is 0 Å². The molecular formula is C13H15NO6S. The molecule has 0 aromatic heterocycles. The molecule has 114 valence electrons. The summed E-state index contributed by atoms with van der Waals surface area (Å²) in [6.07, 6.45) is 0.242. The first-order chi connectivity index (χ1) is 9.85. The molecule has 0 radical (unpaired) electrons. The molecule has 0 aliphatic carbocycles. The van der Waals surface area contributed by atoms with E-state index in [4.69, 9.17) is 5.11 Å². The van der Waals surface area contributed by atoms with Crippen molar-refractivity contribution in [3.8, 4) is 0 Å². The third-order valence-corrected chi connectivity index (χ3v) is 5.08. The molecule has 0 bridgehead atoms. The van der Waals surface area contributed by atoms with E-state index in [1.54, 1.807) is 0 Å². The number of methoxy groups -OCH3 is 1. The molecular weight excluding hydrogens is 298 g/mol. The average molecular weight is 313 g/mol. The highest BCUT2D eigenvalue weighted by Gasteiger charge is 2.30. The van der Waals surface area contributed by atoms with Crippen LogP contribution in [0.3, 0.4) is 0 Å². The van der Waals surface area contributed by atoms with Crippen LogP contribution in [0.15, 0.2) is 18.2 Å². The van der Waals surface area contributed by atoms with Crippen molar-refractivity contribution in [3.63, 3.8) is 0 Å². The summed E-state index contributed by atoms with van der Waals surface area (Å²) in [4.78, 5) is 22.0. The van der Waals surface area contributed by atoms with Gasteiger partial charge in [-0.05, 0) is 30.2 Å². The molecule has 0 atom stereocenters. The molecule has 8 heteroatoms. The summed E-state index contributed by atoms with van der Waals surface area (Å²) in [5.41, 5.74) is 1.28. The largest absolute Gasteiger partial charge is 0.478 e. The number of aromatic carboxylic acids is 1. The lowest BCUT2D eigenvalue weighted by Gasteiger charge is -2.19. The highest BCUT2D eigenvalue weighted by atomic mass is 32.2. The Labute approximate surface area is 122 Å². The Morgan fingerprint density at radius 3 is 2.71 bits per heavy atom. The molecule has 1 aromatic carbocycles. The monoisotopic (exact) mass is 313 g/mol. The van der Waals surface area contributed by atoms with Crippen LogP contribution in [0.2, 0.25) is 0 Å². The number of carbonyl (C=O) groups excluding carboxylic acids is 1. The molecule has 0 amide bonds. The van der Waals surface area contributed by atoms with Crippen molar-refractivity contribution in [2.24, 2.45) is 0 Å². The van der Waals surface area contributed by atoms with E-state index in [-0.39, 0.29) is 24.3 Å². The molecule has 1 aliphatic rings. The second-order valence-electron chi connectivity index (χ2n) is 4.61. The second-order valence-corrected chi connectivity index (χ2v) is 6.63. The number of benzene rings is 1. The lowest BCUT2D eigenvalue weighted by molar-refractivity contribution is -0.140. The van der Waals surface area contributed by atoms with Gasteiger partial charge >= 0.3 is 11.9 Å². The summed E-state index contributed by atoms with van der Waals surface area (Å²) in [7, 11) is -2.42. The first-order valence-corrected chi connectivity index (χ1v) is 7.89. The zero-order valence-corrected chi connectivity index (χ0v) is 12.2. The fourth-order valence-corrected chi connectivity index (χ4v) is 3.71. The summed E-state index contributed by atoms with van der Waals surface area (Å²) >= 11 is 0. The minimum atomic E-state index is -3.63. The van der Waals surface area contributed by atoms with Crippen molar-refractivity contribution in [1.82, 2.24) is 0 Å². The number of fused-ring (bicyclic) bond motifs is 1. The van der Waals surface area contributed by atoms with Gasteiger partial charge in [-0.1, -0.05) is 0 Å². The van der Waals surface area contributed by atoms with Crippen molar-refractivity contribution >= 4 is 27.6 Å². The van der Waals surface area contributed by atoms with E-state index in [1.165, 1.54) is 29.6 Å². The number of nitrogens with zero attached hydrogens (tertiary/aromatic N) is 1. The van der Waals surface area contributed by atoms with Gasteiger partial charge in [0.1, 0.15) is 0 Å². The maximum Gasteiger partial charge on any atom is 0.335 e. The molecule has 1 heterocycles. The summed E-state index contributed by atoms with van der Waals surface area (Å²) in [6.45, 7) is 0.252. The van der Waals surface area contributed by atoms with Crippen LogP contribution in [-0.4, -0.2) is 44.9 Å². The van der Waals surface area contributed by atoms with Gasteiger partial charge in [0.2, 0.25) is 10.0 Å². The first-order valence-electron chi connectivity index (χ1n) is 6.28. The van der Waals surface area contributed by atoms with Gasteiger partial charge in [-0.2, -0.15) is 0 Å². The molecule has 0 unspecified atom stereocenters. The van der Waals surface area contributed by atoms with Gasteiger partial charge in [-0.25, -0.2) is 13.2 Å². The van der Waals surface area contributed by atoms with Gasteiger partial charge in [-0.15, -0.1) is 0 Å². The first kappa shape index (κ1) is 15.3. The van der Waals surface area contributed by atoms with Gasteiger partial charge in [0.25, 0.3) is 0 Å². The standard InChI is InChI=1S/C13H15NO6S/c1-20-12(15)5-7-21(18,19)14-6-4-9-8-10(13(16)17)2-3-11(9)14/h2-3,8H,4-7H2,1H3,(H,16,17). The maximum absolute atomic E-state index is 12.2. The Morgan fingerprint density at radius 1 is 1.38 bits per heavy atom. The lowest BCUT2D eigenvalue weighted by atomic mass is 10.1. The third-order valence-electron chi connectivity index (χ3n) is 3.31. The number of anilines is 1. The zero-order valence-electron chi connectivity index (χ0n) is 11.4. The van der Waals surface area contributed by atoms with Crippen molar-refractivity contribution in [2.45, 2.75) is 12.8 Å². The molecule has 1 aliphatic heterocycles. The van der Waals surface area contributed by atoms with Crippen molar-refractivity contribution in [3.05, 3.63) is 29.3 Å². The van der Waals surface area contributed by atoms with Crippen LogP contribution in [0.25, 0.3) is 0 Å². The third kappa shape index (κ3) is 3.15. The Balaban J connectivity index is 2.22. The molecule has 7 nitrogen and oxygen atoms in total. The van der Waals surface area contributed by atoms with E-state index in [1.807, 2.05) is 0 Å². The second kappa shape index (κ2) is 5.72. The molecule has 0 spiro atoms. The number of sulfonamides is 1. The normalized spacial score (nSPS) is 13.9. The van der Waals surface area contributed by atoms with Crippen LogP contribution >= 0.6 is 0 Å². The Bertz CT molecular complexity index is 682. The van der Waals surface area contributed by atoms with Crippen LogP contribution in [0, 0.1) is 0 Å². The maximum atomic E-state index is 12.2. The quantitative estimate of drug-likeness (QED) is 0.801. The number of carboxylic acids is 1. The van der Waals surface area contributed by atoms with Gasteiger partial charge in [0.05, 0.1) is 30.5 Å². The number of hydrogen-bond donors (Lipinski definition) is 1. The van der Waals surface area contributed by atoms with Crippen LogP contribution in [0.5, 0.6) is 0 Å². The van der Waals surface area contributed by atoms with E-state index in [0.717, 1.165) is 0 Å². The molecule has 1 N–H and O–H groups in total. The molecule has 21 heavy (non-hydrogen) atoms. The highest BCUT2D eigenvalue weighted by Crippen LogP contribution is 2.31. The van der Waals surface area contributed by atoms with Gasteiger partial charge in [0.15, 0.2) is 0 Å². The summed E-state index contributed by atoms with van der Waals surface area (Å²) < 4.78 is 30.1. The van der Waals surface area contributed by atoms with E-state index in [0.29, 0.717) is 17.7 Å².